The smallest absolute Gasteiger partial charge is 0.315 e. The number of benzene rings is 1. The maximum atomic E-state index is 13.9. The second-order valence-corrected chi connectivity index (χ2v) is 11.9. The zero-order chi connectivity index (χ0) is 28.1. The molecule has 220 valence electrons. The number of hydrogen-bond acceptors (Lipinski definition) is 6. The Kier molecular flexibility index (Phi) is 9.47. The molecule has 4 aliphatic rings. The van der Waals surface area contributed by atoms with Gasteiger partial charge in [0.25, 0.3) is 5.91 Å². The average Bonchev–Trinajstić information content (AvgIpc) is 2.96. The molecule has 40 heavy (non-hydrogen) atoms. The highest BCUT2D eigenvalue weighted by Gasteiger charge is 2.40. The minimum Gasteiger partial charge on any atom is -0.493 e. The summed E-state index contributed by atoms with van der Waals surface area (Å²) in [5, 5.41) is 9.05. The molecule has 3 heterocycles. The van der Waals surface area contributed by atoms with Gasteiger partial charge in [0, 0.05) is 44.7 Å². The molecule has 10 heteroatoms. The van der Waals surface area contributed by atoms with Crippen LogP contribution in [0.2, 0.25) is 0 Å². The molecule has 1 aromatic carbocycles. The molecule has 1 saturated carbocycles. The van der Waals surface area contributed by atoms with Gasteiger partial charge in [-0.1, -0.05) is 31.4 Å². The average molecular weight is 556 g/mol. The van der Waals surface area contributed by atoms with Crippen LogP contribution in [0, 0.1) is 0 Å². The van der Waals surface area contributed by atoms with Crippen LogP contribution < -0.4 is 20.7 Å². The number of rotatable bonds is 3. The summed E-state index contributed by atoms with van der Waals surface area (Å²) in [5.41, 5.74) is 0.492. The predicted molar refractivity (Wildman–Crippen MR) is 151 cm³/mol. The molecule has 2 bridgehead atoms. The molecule has 3 N–H and O–H groups in total. The van der Waals surface area contributed by atoms with Crippen molar-refractivity contribution in [1.82, 2.24) is 25.8 Å². The number of ether oxygens (including phenoxy) is 2. The van der Waals surface area contributed by atoms with Crippen molar-refractivity contribution in [3.63, 3.8) is 0 Å². The van der Waals surface area contributed by atoms with E-state index >= 15 is 0 Å². The summed E-state index contributed by atoms with van der Waals surface area (Å²) in [6.07, 6.45) is 7.71. The molecule has 0 unspecified atom stereocenters. The predicted octanol–water partition coefficient (Wildman–Crippen LogP) is 2.67. The first-order valence-corrected chi connectivity index (χ1v) is 15.2. The van der Waals surface area contributed by atoms with Gasteiger partial charge in [-0.3, -0.25) is 14.5 Å². The van der Waals surface area contributed by atoms with E-state index in [1.54, 1.807) is 11.0 Å². The fourth-order valence-corrected chi connectivity index (χ4v) is 6.59. The van der Waals surface area contributed by atoms with Crippen LogP contribution >= 0.6 is 0 Å². The van der Waals surface area contributed by atoms with Crippen molar-refractivity contribution in [3.8, 4) is 5.75 Å². The van der Waals surface area contributed by atoms with E-state index in [-0.39, 0.29) is 48.7 Å². The third kappa shape index (κ3) is 6.89. The summed E-state index contributed by atoms with van der Waals surface area (Å²) in [7, 11) is 0. The van der Waals surface area contributed by atoms with Crippen molar-refractivity contribution in [3.05, 3.63) is 29.8 Å². The van der Waals surface area contributed by atoms with Gasteiger partial charge in [-0.15, -0.1) is 0 Å². The summed E-state index contributed by atoms with van der Waals surface area (Å²) in [5.74, 6) is 0.188. The molecule has 0 radical (unpaired) electrons. The van der Waals surface area contributed by atoms with Crippen molar-refractivity contribution in [2.45, 2.75) is 102 Å². The molecule has 3 aliphatic heterocycles. The van der Waals surface area contributed by atoms with E-state index in [2.05, 4.69) is 20.9 Å². The maximum absolute atomic E-state index is 13.9. The minimum absolute atomic E-state index is 0.0166. The van der Waals surface area contributed by atoms with Gasteiger partial charge in [0.1, 0.15) is 11.8 Å². The second kappa shape index (κ2) is 13.2. The first-order chi connectivity index (χ1) is 19.4. The normalized spacial score (nSPS) is 28.9. The Morgan fingerprint density at radius 2 is 1.82 bits per heavy atom. The molecule has 5 rings (SSSR count). The van der Waals surface area contributed by atoms with Crippen LogP contribution in [0.3, 0.4) is 0 Å². The van der Waals surface area contributed by atoms with Crippen molar-refractivity contribution in [2.75, 3.05) is 32.8 Å². The summed E-state index contributed by atoms with van der Waals surface area (Å²) >= 11 is 0. The van der Waals surface area contributed by atoms with Crippen LogP contribution in [-0.2, 0) is 9.53 Å². The highest BCUT2D eigenvalue weighted by molar-refractivity contribution is 6.00. The summed E-state index contributed by atoms with van der Waals surface area (Å²) in [6.45, 7) is 6.27. The Bertz CT molecular complexity index is 1050. The quantitative estimate of drug-likeness (QED) is 0.529. The fraction of sp³-hybridized carbons (Fsp3) is 0.700. The van der Waals surface area contributed by atoms with Crippen LogP contribution in [0.5, 0.6) is 5.75 Å². The third-order valence-corrected chi connectivity index (χ3v) is 8.71. The SMILES string of the molecule is CC(C)NC(=O)N[C@@H]1CC[C@H]2CCOc3ccccc3C(=O)N3CCN(C4CCCCC4)C[C@H]3C(=O)NC[C@H]1O2. The number of fused-ring (bicyclic) bond motifs is 4. The van der Waals surface area contributed by atoms with Crippen LogP contribution in [0.1, 0.15) is 75.6 Å². The Labute approximate surface area is 237 Å². The zero-order valence-corrected chi connectivity index (χ0v) is 23.9. The van der Waals surface area contributed by atoms with Crippen LogP contribution in [0.25, 0.3) is 0 Å². The number of urea groups is 1. The molecule has 10 nitrogen and oxygen atoms in total. The van der Waals surface area contributed by atoms with E-state index in [1.165, 1.54) is 19.3 Å². The molecule has 1 aliphatic carbocycles. The van der Waals surface area contributed by atoms with Gasteiger partial charge >= 0.3 is 6.03 Å². The minimum atomic E-state index is -0.616. The number of nitrogens with one attached hydrogen (secondary N) is 3. The van der Waals surface area contributed by atoms with Gasteiger partial charge in [-0.25, -0.2) is 4.79 Å². The Morgan fingerprint density at radius 3 is 2.62 bits per heavy atom. The summed E-state index contributed by atoms with van der Waals surface area (Å²) < 4.78 is 12.6. The topological polar surface area (TPSA) is 112 Å². The van der Waals surface area contributed by atoms with E-state index in [0.29, 0.717) is 43.5 Å². The zero-order valence-electron chi connectivity index (χ0n) is 23.9. The van der Waals surface area contributed by atoms with E-state index in [0.717, 1.165) is 32.2 Å². The van der Waals surface area contributed by atoms with Crippen molar-refractivity contribution in [2.24, 2.45) is 0 Å². The Hall–Kier alpha value is -2.85. The van der Waals surface area contributed by atoms with E-state index in [1.807, 2.05) is 32.0 Å². The van der Waals surface area contributed by atoms with E-state index < -0.39 is 6.04 Å². The Balaban J connectivity index is 1.38. The molecule has 2 saturated heterocycles. The highest BCUT2D eigenvalue weighted by Crippen LogP contribution is 2.29. The lowest BCUT2D eigenvalue weighted by atomic mass is 9.93. The molecule has 0 spiro atoms. The number of piperazine rings is 1. The second-order valence-electron chi connectivity index (χ2n) is 11.9. The van der Waals surface area contributed by atoms with Gasteiger partial charge in [0.2, 0.25) is 5.91 Å². The van der Waals surface area contributed by atoms with Crippen molar-refractivity contribution in [1.29, 1.82) is 0 Å². The van der Waals surface area contributed by atoms with E-state index in [9.17, 15) is 14.4 Å². The number of amides is 4. The van der Waals surface area contributed by atoms with Gasteiger partial charge < -0.3 is 30.3 Å². The molecular weight excluding hydrogens is 510 g/mol. The lowest BCUT2D eigenvalue weighted by Gasteiger charge is -2.45. The molecule has 4 amide bonds. The molecule has 3 fully saturated rings. The maximum Gasteiger partial charge on any atom is 0.315 e. The number of carbonyl (C=O) groups excluding carboxylic acids is 3. The monoisotopic (exact) mass is 555 g/mol. The van der Waals surface area contributed by atoms with Gasteiger partial charge in [0.15, 0.2) is 0 Å². The fourth-order valence-electron chi connectivity index (χ4n) is 6.59. The van der Waals surface area contributed by atoms with Crippen LogP contribution in [0.15, 0.2) is 24.3 Å². The largest absolute Gasteiger partial charge is 0.493 e. The molecule has 1 aromatic rings. The number of para-hydroxylation sites is 1. The van der Waals surface area contributed by atoms with Gasteiger partial charge in [-0.2, -0.15) is 0 Å². The number of hydrogen-bond donors (Lipinski definition) is 3. The molecule has 4 atom stereocenters. The van der Waals surface area contributed by atoms with Gasteiger partial charge in [-0.05, 0) is 51.7 Å². The van der Waals surface area contributed by atoms with Gasteiger partial charge in [0.05, 0.1) is 30.4 Å². The number of carbonyl (C=O) groups is 3. The van der Waals surface area contributed by atoms with Crippen LogP contribution in [-0.4, -0.2) is 96.8 Å². The first kappa shape index (κ1) is 28.7. The lowest BCUT2D eigenvalue weighted by Crippen LogP contribution is -2.63. The van der Waals surface area contributed by atoms with E-state index in [4.69, 9.17) is 9.47 Å². The third-order valence-electron chi connectivity index (χ3n) is 8.71. The molecule has 0 aromatic heterocycles. The standard InChI is InChI=1S/C30H45N5O5/c1-20(2)32-30(38)33-24-13-12-22-14-17-39-26-11-7-6-10-23(26)29(37)35-16-15-34(21-8-4-3-5-9-21)19-25(35)28(36)31-18-27(24)40-22/h6-7,10-11,20-22,24-25,27H,3-5,8-9,12-19H2,1-2H3,(H,31,36)(H2,32,33,38)/t22-,24+,25-,27+/m0/s1. The molecular formula is C30H45N5O5. The summed E-state index contributed by atoms with van der Waals surface area (Å²) in [4.78, 5) is 44.3. The number of nitrogens with zero attached hydrogens (tertiary/aromatic N) is 2. The van der Waals surface area contributed by atoms with Crippen molar-refractivity contribution < 1.29 is 23.9 Å². The first-order valence-electron chi connectivity index (χ1n) is 15.2. The highest BCUT2D eigenvalue weighted by atomic mass is 16.5. The summed E-state index contributed by atoms with van der Waals surface area (Å²) in [6, 6.07) is 6.71. The lowest BCUT2D eigenvalue weighted by molar-refractivity contribution is -0.130. The van der Waals surface area contributed by atoms with Crippen molar-refractivity contribution >= 4 is 17.8 Å². The van der Waals surface area contributed by atoms with Crippen LogP contribution in [0.4, 0.5) is 4.79 Å². The Morgan fingerprint density at radius 1 is 1.02 bits per heavy atom.